The minimum atomic E-state index is -1.70. The number of hydrogen-bond acceptors (Lipinski definition) is 3. The Balaban J connectivity index is 3.21. The predicted molar refractivity (Wildman–Crippen MR) is 95.5 cm³/mol. The van der Waals surface area contributed by atoms with E-state index < -0.39 is 8.32 Å². The van der Waals surface area contributed by atoms with Crippen LogP contribution in [0.3, 0.4) is 0 Å². The lowest BCUT2D eigenvalue weighted by Crippen LogP contribution is -2.28. The molecule has 0 amide bonds. The highest BCUT2D eigenvalue weighted by atomic mass is 28.4. The Morgan fingerprint density at radius 2 is 1.05 bits per heavy atom. The van der Waals surface area contributed by atoms with Gasteiger partial charge in [0.25, 0.3) is 5.97 Å². The fourth-order valence-corrected chi connectivity index (χ4v) is 3.24. The maximum absolute atomic E-state index is 11.6. The van der Waals surface area contributed by atoms with Crippen LogP contribution in [0.25, 0.3) is 0 Å². The summed E-state index contributed by atoms with van der Waals surface area (Å²) in [5.74, 6) is 0.304. The molecule has 0 spiro atoms. The van der Waals surface area contributed by atoms with Gasteiger partial charge in [-0.25, -0.2) is 0 Å². The van der Waals surface area contributed by atoms with Crippen LogP contribution in [0.1, 0.15) is 84.0 Å². The summed E-state index contributed by atoms with van der Waals surface area (Å²) in [5.41, 5.74) is 0. The van der Waals surface area contributed by atoms with Gasteiger partial charge < -0.3 is 9.22 Å². The van der Waals surface area contributed by atoms with Gasteiger partial charge in [-0.2, -0.15) is 0 Å². The van der Waals surface area contributed by atoms with Crippen LogP contribution in [0.15, 0.2) is 0 Å². The number of Topliss-reactive ketones (excluding diaryl/α,β-unsaturated/α-hetero) is 1. The van der Waals surface area contributed by atoms with Gasteiger partial charge in [0, 0.05) is 12.8 Å². The molecule has 0 N–H and O–H groups in total. The Hall–Kier alpha value is -0.643. The van der Waals surface area contributed by atoms with Crippen molar-refractivity contribution in [1.82, 2.24) is 0 Å². The summed E-state index contributed by atoms with van der Waals surface area (Å²) in [6, 6.07) is 0. The zero-order chi connectivity index (χ0) is 16.8. The molecular weight excluding hydrogens is 292 g/mol. The van der Waals surface area contributed by atoms with Crippen LogP contribution in [0.4, 0.5) is 0 Å². The van der Waals surface area contributed by atoms with E-state index in [-0.39, 0.29) is 5.97 Å². The van der Waals surface area contributed by atoms with Gasteiger partial charge in [-0.15, -0.1) is 0 Å². The molecule has 0 aliphatic heterocycles. The van der Waals surface area contributed by atoms with Crippen molar-refractivity contribution in [2.75, 3.05) is 0 Å². The average Bonchev–Trinajstić information content (AvgIpc) is 2.37. The summed E-state index contributed by atoms with van der Waals surface area (Å²) < 4.78 is 5.42. The molecule has 0 radical (unpaired) electrons. The van der Waals surface area contributed by atoms with Gasteiger partial charge in [-0.3, -0.25) is 4.79 Å². The topological polar surface area (TPSA) is 43.4 Å². The van der Waals surface area contributed by atoms with Gasteiger partial charge in [0.1, 0.15) is 5.78 Å². The van der Waals surface area contributed by atoms with Crippen LogP contribution in [-0.4, -0.2) is 20.1 Å². The minimum Gasteiger partial charge on any atom is -0.520 e. The summed E-state index contributed by atoms with van der Waals surface area (Å²) in [6.07, 6.45) is 13.3. The molecule has 0 aliphatic carbocycles. The van der Waals surface area contributed by atoms with Gasteiger partial charge >= 0.3 is 0 Å². The maximum atomic E-state index is 11.6. The van der Waals surface area contributed by atoms with Gasteiger partial charge in [0.15, 0.2) is 0 Å². The van der Waals surface area contributed by atoms with E-state index in [1.54, 1.807) is 6.92 Å². The van der Waals surface area contributed by atoms with E-state index in [9.17, 15) is 9.59 Å². The van der Waals surface area contributed by atoms with Crippen molar-refractivity contribution in [3.05, 3.63) is 0 Å². The molecular formula is C18H36O3Si. The Morgan fingerprint density at radius 1 is 0.682 bits per heavy atom. The van der Waals surface area contributed by atoms with Gasteiger partial charge in [0.05, 0.1) is 0 Å². The molecule has 0 rings (SSSR count). The standard InChI is InChI=1S/C18H36O3Si/c1-17(19)15-13-11-9-7-5-6-8-10-12-14-16-18(20)21-22(2,3)4/h5-16H2,1-4H3. The highest BCUT2D eigenvalue weighted by molar-refractivity contribution is 6.71. The fraction of sp³-hybridized carbons (Fsp3) is 0.889. The van der Waals surface area contributed by atoms with E-state index in [4.69, 9.17) is 4.43 Å². The minimum absolute atomic E-state index is 0.00951. The number of hydrogen-bond donors (Lipinski definition) is 0. The largest absolute Gasteiger partial charge is 0.520 e. The number of carbonyl (C=O) groups is 2. The van der Waals surface area contributed by atoms with E-state index in [1.807, 2.05) is 19.6 Å². The average molecular weight is 329 g/mol. The molecule has 0 saturated heterocycles. The third-order valence-corrected chi connectivity index (χ3v) is 4.42. The lowest BCUT2D eigenvalue weighted by Gasteiger charge is -2.17. The molecule has 0 fully saturated rings. The Morgan fingerprint density at radius 3 is 1.41 bits per heavy atom. The zero-order valence-corrected chi connectivity index (χ0v) is 16.2. The van der Waals surface area contributed by atoms with Crippen LogP contribution < -0.4 is 0 Å². The highest BCUT2D eigenvalue weighted by Crippen LogP contribution is 2.13. The van der Waals surface area contributed by atoms with Crippen LogP contribution in [0, 0.1) is 0 Å². The summed E-state index contributed by atoms with van der Waals surface area (Å²) in [5, 5.41) is 0. The number of carbonyl (C=O) groups excluding carboxylic acids is 2. The lowest BCUT2D eigenvalue weighted by atomic mass is 10.0. The fourth-order valence-electron chi connectivity index (χ4n) is 2.45. The molecule has 0 aromatic carbocycles. The van der Waals surface area contributed by atoms with Crippen molar-refractivity contribution in [2.45, 2.75) is 104 Å². The molecule has 0 saturated carbocycles. The molecule has 0 bridgehead atoms. The molecule has 0 aromatic heterocycles. The summed E-state index contributed by atoms with van der Waals surface area (Å²) in [6.45, 7) is 7.81. The van der Waals surface area contributed by atoms with E-state index in [0.717, 1.165) is 25.7 Å². The third kappa shape index (κ3) is 17.4. The Bertz CT molecular complexity index is 308. The van der Waals surface area contributed by atoms with Gasteiger partial charge in [0.2, 0.25) is 8.32 Å². The molecule has 0 aromatic rings. The first-order valence-electron chi connectivity index (χ1n) is 9.02. The van der Waals surface area contributed by atoms with E-state index in [2.05, 4.69) is 0 Å². The van der Waals surface area contributed by atoms with Crippen molar-refractivity contribution in [1.29, 1.82) is 0 Å². The SMILES string of the molecule is CC(=O)CCCCCCCCCCCCC(=O)O[Si](C)(C)C. The van der Waals surface area contributed by atoms with Crippen molar-refractivity contribution in [3.63, 3.8) is 0 Å². The molecule has 0 aliphatic rings. The van der Waals surface area contributed by atoms with Crippen molar-refractivity contribution in [2.24, 2.45) is 0 Å². The number of unbranched alkanes of at least 4 members (excludes halogenated alkanes) is 9. The van der Waals surface area contributed by atoms with Gasteiger partial charge in [-0.05, 0) is 39.4 Å². The molecule has 0 heterocycles. The quantitative estimate of drug-likeness (QED) is 0.306. The molecule has 4 heteroatoms. The van der Waals surface area contributed by atoms with E-state index >= 15 is 0 Å². The first kappa shape index (κ1) is 21.4. The molecule has 22 heavy (non-hydrogen) atoms. The number of ketones is 1. The second-order valence-corrected chi connectivity index (χ2v) is 11.8. The normalized spacial score (nSPS) is 11.5. The second kappa shape index (κ2) is 12.9. The third-order valence-electron chi connectivity index (χ3n) is 3.58. The van der Waals surface area contributed by atoms with Crippen molar-refractivity contribution >= 4 is 20.1 Å². The van der Waals surface area contributed by atoms with Crippen molar-refractivity contribution in [3.8, 4) is 0 Å². The van der Waals surface area contributed by atoms with Crippen molar-refractivity contribution < 1.29 is 14.0 Å². The lowest BCUT2D eigenvalue weighted by molar-refractivity contribution is -0.135. The number of rotatable bonds is 14. The second-order valence-electron chi connectivity index (χ2n) is 7.32. The highest BCUT2D eigenvalue weighted by Gasteiger charge is 2.19. The Labute approximate surface area is 138 Å². The zero-order valence-electron chi connectivity index (χ0n) is 15.2. The van der Waals surface area contributed by atoms with Crippen LogP contribution in [-0.2, 0) is 14.0 Å². The van der Waals surface area contributed by atoms with Crippen LogP contribution in [0.5, 0.6) is 0 Å². The summed E-state index contributed by atoms with van der Waals surface area (Å²) >= 11 is 0. The van der Waals surface area contributed by atoms with Crippen LogP contribution in [0.2, 0.25) is 19.6 Å². The van der Waals surface area contributed by atoms with Gasteiger partial charge in [-0.1, -0.05) is 51.4 Å². The first-order valence-corrected chi connectivity index (χ1v) is 12.4. The molecule has 0 unspecified atom stereocenters. The monoisotopic (exact) mass is 328 g/mol. The first-order chi connectivity index (χ1) is 10.3. The molecule has 0 atom stereocenters. The maximum Gasteiger partial charge on any atom is 0.292 e. The smallest absolute Gasteiger partial charge is 0.292 e. The summed E-state index contributed by atoms with van der Waals surface area (Å²) in [4.78, 5) is 22.3. The van der Waals surface area contributed by atoms with Crippen LogP contribution >= 0.6 is 0 Å². The Kier molecular flexibility index (Phi) is 12.5. The molecule has 3 nitrogen and oxygen atoms in total. The predicted octanol–water partition coefficient (Wildman–Crippen LogP) is 5.63. The summed E-state index contributed by atoms with van der Waals surface area (Å²) in [7, 11) is -1.70. The molecule has 130 valence electrons. The van der Waals surface area contributed by atoms with E-state index in [0.29, 0.717) is 12.2 Å². The van der Waals surface area contributed by atoms with E-state index in [1.165, 1.54) is 44.9 Å².